The number of hydrogen-bond donors (Lipinski definition) is 1. The summed E-state index contributed by atoms with van der Waals surface area (Å²) in [6.07, 6.45) is 4.77. The molecule has 0 bridgehead atoms. The van der Waals surface area contributed by atoms with Crippen LogP contribution in [0.15, 0.2) is 0 Å². The van der Waals surface area contributed by atoms with Crippen LogP contribution in [0.4, 0.5) is 0 Å². The average molecular weight is 172 g/mol. The first kappa shape index (κ1) is 10.0. The molecule has 2 atom stereocenters. The molecule has 1 N–H and O–H groups in total. The summed E-state index contributed by atoms with van der Waals surface area (Å²) < 4.78 is 5.18. The zero-order chi connectivity index (χ0) is 9.19. The van der Waals surface area contributed by atoms with Crippen molar-refractivity contribution in [3.8, 4) is 0 Å². The van der Waals surface area contributed by atoms with E-state index in [0.29, 0.717) is 5.92 Å². The molecular formula is C10H20O2. The van der Waals surface area contributed by atoms with Gasteiger partial charge in [-0.2, -0.15) is 0 Å². The second kappa shape index (κ2) is 3.75. The summed E-state index contributed by atoms with van der Waals surface area (Å²) in [5.41, 5.74) is -0.634. The van der Waals surface area contributed by atoms with Crippen LogP contribution in [0.3, 0.4) is 0 Å². The van der Waals surface area contributed by atoms with Crippen molar-refractivity contribution in [1.29, 1.82) is 0 Å². The van der Waals surface area contributed by atoms with Crippen LogP contribution in [0.25, 0.3) is 0 Å². The van der Waals surface area contributed by atoms with Gasteiger partial charge < -0.3 is 9.84 Å². The van der Waals surface area contributed by atoms with Crippen LogP contribution in [-0.4, -0.2) is 23.9 Å². The van der Waals surface area contributed by atoms with E-state index in [1.54, 1.807) is 7.11 Å². The molecule has 2 unspecified atom stereocenters. The Morgan fingerprint density at radius 1 is 1.42 bits per heavy atom. The molecule has 1 saturated carbocycles. The highest BCUT2D eigenvalue weighted by Gasteiger charge is 2.38. The molecule has 0 heterocycles. The Morgan fingerprint density at radius 3 is 2.33 bits per heavy atom. The van der Waals surface area contributed by atoms with Crippen molar-refractivity contribution in [3.63, 3.8) is 0 Å². The van der Waals surface area contributed by atoms with Crippen LogP contribution < -0.4 is 0 Å². The summed E-state index contributed by atoms with van der Waals surface area (Å²) in [6, 6.07) is 0. The maximum atomic E-state index is 10.2. The minimum absolute atomic E-state index is 0.0550. The number of hydrogen-bond acceptors (Lipinski definition) is 2. The van der Waals surface area contributed by atoms with Crippen LogP contribution in [0.5, 0.6) is 0 Å². The number of ether oxygens (including phenoxy) is 1. The minimum Gasteiger partial charge on any atom is -0.387 e. The standard InChI is InChI=1S/C10H20O2/c1-8(12-3)10(2,11)9-6-4-5-7-9/h8-9,11H,4-7H2,1-3H3. The molecule has 1 aliphatic rings. The summed E-state index contributed by atoms with van der Waals surface area (Å²) in [7, 11) is 1.66. The molecule has 0 aromatic heterocycles. The first-order chi connectivity index (χ1) is 5.59. The first-order valence-electron chi connectivity index (χ1n) is 4.84. The Kier molecular flexibility index (Phi) is 3.13. The second-order valence-corrected chi connectivity index (χ2v) is 4.09. The average Bonchev–Trinajstić information content (AvgIpc) is 2.55. The summed E-state index contributed by atoms with van der Waals surface area (Å²) in [5, 5.41) is 10.2. The maximum Gasteiger partial charge on any atom is 0.0905 e. The lowest BCUT2D eigenvalue weighted by Crippen LogP contribution is -2.44. The van der Waals surface area contributed by atoms with Gasteiger partial charge in [-0.25, -0.2) is 0 Å². The van der Waals surface area contributed by atoms with E-state index in [9.17, 15) is 5.11 Å². The van der Waals surface area contributed by atoms with E-state index >= 15 is 0 Å². The summed E-state index contributed by atoms with van der Waals surface area (Å²) in [4.78, 5) is 0. The van der Waals surface area contributed by atoms with E-state index in [0.717, 1.165) is 12.8 Å². The molecule has 0 saturated heterocycles. The molecule has 2 heteroatoms. The summed E-state index contributed by atoms with van der Waals surface area (Å²) in [6.45, 7) is 3.84. The Balaban J connectivity index is 2.56. The highest BCUT2D eigenvalue weighted by atomic mass is 16.5. The van der Waals surface area contributed by atoms with E-state index in [4.69, 9.17) is 4.74 Å². The fourth-order valence-electron chi connectivity index (χ4n) is 2.08. The van der Waals surface area contributed by atoms with Gasteiger partial charge >= 0.3 is 0 Å². The quantitative estimate of drug-likeness (QED) is 0.705. The topological polar surface area (TPSA) is 29.5 Å². The summed E-state index contributed by atoms with van der Waals surface area (Å²) in [5.74, 6) is 0.437. The van der Waals surface area contributed by atoms with E-state index in [2.05, 4.69) is 0 Å². The van der Waals surface area contributed by atoms with E-state index in [1.165, 1.54) is 12.8 Å². The lowest BCUT2D eigenvalue weighted by molar-refractivity contribution is -0.107. The van der Waals surface area contributed by atoms with Gasteiger partial charge in [0.05, 0.1) is 11.7 Å². The van der Waals surface area contributed by atoms with Crippen molar-refractivity contribution in [3.05, 3.63) is 0 Å². The van der Waals surface area contributed by atoms with E-state index in [1.807, 2.05) is 13.8 Å². The lowest BCUT2D eigenvalue weighted by Gasteiger charge is -2.34. The third-order valence-electron chi connectivity index (χ3n) is 3.36. The van der Waals surface area contributed by atoms with Crippen molar-refractivity contribution in [2.24, 2.45) is 5.92 Å². The van der Waals surface area contributed by atoms with Gasteiger partial charge in [0.1, 0.15) is 0 Å². The second-order valence-electron chi connectivity index (χ2n) is 4.09. The lowest BCUT2D eigenvalue weighted by atomic mass is 9.84. The molecule has 0 aromatic rings. The molecule has 12 heavy (non-hydrogen) atoms. The van der Waals surface area contributed by atoms with Gasteiger partial charge in [0, 0.05) is 7.11 Å². The predicted octanol–water partition coefficient (Wildman–Crippen LogP) is 1.96. The van der Waals surface area contributed by atoms with Gasteiger partial charge in [-0.15, -0.1) is 0 Å². The van der Waals surface area contributed by atoms with E-state index < -0.39 is 5.60 Å². The first-order valence-corrected chi connectivity index (χ1v) is 4.84. The van der Waals surface area contributed by atoms with Crippen molar-refractivity contribution < 1.29 is 9.84 Å². The zero-order valence-corrected chi connectivity index (χ0v) is 8.34. The Bertz CT molecular complexity index is 137. The van der Waals surface area contributed by atoms with Crippen molar-refractivity contribution >= 4 is 0 Å². The molecule has 1 rings (SSSR count). The van der Waals surface area contributed by atoms with Gasteiger partial charge in [0.25, 0.3) is 0 Å². The Hall–Kier alpha value is -0.0800. The van der Waals surface area contributed by atoms with Gasteiger partial charge in [-0.3, -0.25) is 0 Å². The highest BCUT2D eigenvalue weighted by molar-refractivity contribution is 4.89. The van der Waals surface area contributed by atoms with Gasteiger partial charge in [-0.1, -0.05) is 12.8 Å². The molecule has 72 valence electrons. The molecule has 0 aromatic carbocycles. The molecule has 2 nitrogen and oxygen atoms in total. The summed E-state index contributed by atoms with van der Waals surface area (Å²) >= 11 is 0. The molecule has 0 spiro atoms. The molecule has 0 aliphatic heterocycles. The number of aliphatic hydroxyl groups is 1. The van der Waals surface area contributed by atoms with Crippen LogP contribution in [-0.2, 0) is 4.74 Å². The predicted molar refractivity (Wildman–Crippen MR) is 49.1 cm³/mol. The molecule has 0 amide bonds. The van der Waals surface area contributed by atoms with Crippen molar-refractivity contribution in [1.82, 2.24) is 0 Å². The SMILES string of the molecule is COC(C)C(C)(O)C1CCCC1. The fraction of sp³-hybridized carbons (Fsp3) is 1.00. The van der Waals surface area contributed by atoms with Crippen LogP contribution in [0.2, 0.25) is 0 Å². The molecule has 1 fully saturated rings. The Morgan fingerprint density at radius 2 is 1.92 bits per heavy atom. The third-order valence-corrected chi connectivity index (χ3v) is 3.36. The minimum atomic E-state index is -0.634. The monoisotopic (exact) mass is 172 g/mol. The van der Waals surface area contributed by atoms with Crippen LogP contribution >= 0.6 is 0 Å². The van der Waals surface area contributed by atoms with Gasteiger partial charge in [0.15, 0.2) is 0 Å². The maximum absolute atomic E-state index is 10.2. The fourth-order valence-corrected chi connectivity index (χ4v) is 2.08. The largest absolute Gasteiger partial charge is 0.387 e. The smallest absolute Gasteiger partial charge is 0.0905 e. The van der Waals surface area contributed by atoms with Crippen molar-refractivity contribution in [2.45, 2.75) is 51.2 Å². The van der Waals surface area contributed by atoms with Gasteiger partial charge in [-0.05, 0) is 32.6 Å². The number of rotatable bonds is 3. The Labute approximate surface area is 74.9 Å². The molecule has 1 aliphatic carbocycles. The highest BCUT2D eigenvalue weighted by Crippen LogP contribution is 2.36. The van der Waals surface area contributed by atoms with Crippen molar-refractivity contribution in [2.75, 3.05) is 7.11 Å². The third kappa shape index (κ3) is 1.80. The van der Waals surface area contributed by atoms with Crippen LogP contribution in [0, 0.1) is 5.92 Å². The number of methoxy groups -OCH3 is 1. The van der Waals surface area contributed by atoms with Crippen LogP contribution in [0.1, 0.15) is 39.5 Å². The normalized spacial score (nSPS) is 27.0. The zero-order valence-electron chi connectivity index (χ0n) is 8.34. The molecular weight excluding hydrogens is 152 g/mol. The molecule has 0 radical (unpaired) electrons. The van der Waals surface area contributed by atoms with Gasteiger partial charge in [0.2, 0.25) is 0 Å². The van der Waals surface area contributed by atoms with E-state index in [-0.39, 0.29) is 6.10 Å².